The third-order valence-electron chi connectivity index (χ3n) is 3.21. The highest BCUT2D eigenvalue weighted by Crippen LogP contribution is 2.27. The van der Waals surface area contributed by atoms with Gasteiger partial charge < -0.3 is 5.32 Å². The molecule has 0 aliphatic heterocycles. The van der Waals surface area contributed by atoms with E-state index < -0.39 is 0 Å². The van der Waals surface area contributed by atoms with E-state index in [0.29, 0.717) is 0 Å². The van der Waals surface area contributed by atoms with Crippen molar-refractivity contribution in [3.63, 3.8) is 0 Å². The van der Waals surface area contributed by atoms with Gasteiger partial charge in [0.05, 0.1) is 0 Å². The quantitative estimate of drug-likeness (QED) is 0.799. The van der Waals surface area contributed by atoms with Crippen LogP contribution in [0, 0.1) is 6.92 Å². The van der Waals surface area contributed by atoms with Gasteiger partial charge >= 0.3 is 0 Å². The van der Waals surface area contributed by atoms with E-state index in [2.05, 4.69) is 71.3 Å². The summed E-state index contributed by atoms with van der Waals surface area (Å²) in [4.78, 5) is 9.37. The lowest BCUT2D eigenvalue weighted by Crippen LogP contribution is -2.05. The van der Waals surface area contributed by atoms with E-state index in [1.807, 2.05) is 0 Å². The number of aryl methyl sites for hydroxylation is 2. The lowest BCUT2D eigenvalue weighted by Gasteiger charge is -2.10. The summed E-state index contributed by atoms with van der Waals surface area (Å²) in [5.74, 6) is 1.70. The number of nitrogens with zero attached hydrogens (tertiary/aromatic N) is 2. The molecule has 0 aliphatic carbocycles. The maximum Gasteiger partial charge on any atom is 0.162 e. The molecule has 0 aliphatic rings. The Bertz CT molecular complexity index is 611. The summed E-state index contributed by atoms with van der Waals surface area (Å²) in [6.45, 7) is 7.33. The van der Waals surface area contributed by atoms with E-state index in [9.17, 15) is 0 Å². The monoisotopic (exact) mass is 347 g/mol. The fourth-order valence-corrected chi connectivity index (χ4v) is 2.82. The topological polar surface area (TPSA) is 37.8 Å². The molecule has 0 amide bonds. The minimum atomic E-state index is 0.784. The molecule has 1 aromatic carbocycles. The van der Waals surface area contributed by atoms with Gasteiger partial charge in [0.25, 0.3) is 0 Å². The molecule has 1 aromatic heterocycles. The van der Waals surface area contributed by atoms with Crippen molar-refractivity contribution in [3.05, 3.63) is 40.0 Å². The minimum absolute atomic E-state index is 0.784. The molecule has 0 radical (unpaired) electrons. The van der Waals surface area contributed by atoms with Gasteiger partial charge in [-0.25, -0.2) is 9.97 Å². The molecule has 0 fully saturated rings. The fourth-order valence-electron chi connectivity index (χ4n) is 2.15. The van der Waals surface area contributed by atoms with Crippen molar-refractivity contribution in [2.75, 3.05) is 11.9 Å². The van der Waals surface area contributed by atoms with E-state index in [0.717, 1.165) is 53.2 Å². The number of benzene rings is 1. The third-order valence-corrected chi connectivity index (χ3v) is 3.86. The number of nitrogens with one attached hydrogen (secondary N) is 1. The van der Waals surface area contributed by atoms with Gasteiger partial charge in [-0.1, -0.05) is 42.3 Å². The molecular weight excluding hydrogens is 326 g/mol. The summed E-state index contributed by atoms with van der Waals surface area (Å²) in [5.41, 5.74) is 3.35. The van der Waals surface area contributed by atoms with E-state index in [4.69, 9.17) is 4.98 Å². The summed E-state index contributed by atoms with van der Waals surface area (Å²) in [6, 6.07) is 8.33. The van der Waals surface area contributed by atoms with Crippen LogP contribution in [0.1, 0.15) is 37.9 Å². The number of hydrogen-bond donors (Lipinski definition) is 1. The Hall–Kier alpha value is -1.42. The second-order valence-electron chi connectivity index (χ2n) is 5.23. The zero-order valence-electron chi connectivity index (χ0n) is 12.9. The van der Waals surface area contributed by atoms with Crippen LogP contribution >= 0.6 is 15.9 Å². The van der Waals surface area contributed by atoms with E-state index in [-0.39, 0.29) is 0 Å². The first kappa shape index (κ1) is 16.0. The van der Waals surface area contributed by atoms with Crippen LogP contribution in [0.4, 0.5) is 5.82 Å². The summed E-state index contributed by atoms with van der Waals surface area (Å²) in [5, 5.41) is 3.37. The first-order chi connectivity index (χ1) is 10.1. The molecular formula is C17H22BrN3. The zero-order valence-corrected chi connectivity index (χ0v) is 14.5. The van der Waals surface area contributed by atoms with Gasteiger partial charge in [-0.15, -0.1) is 0 Å². The van der Waals surface area contributed by atoms with Crippen LogP contribution in [0.2, 0.25) is 0 Å². The largest absolute Gasteiger partial charge is 0.370 e. The van der Waals surface area contributed by atoms with Crippen LogP contribution in [0.25, 0.3) is 11.4 Å². The Kier molecular flexibility index (Phi) is 5.74. The molecule has 0 spiro atoms. The number of halogens is 1. The normalized spacial score (nSPS) is 10.7. The van der Waals surface area contributed by atoms with Gasteiger partial charge in [-0.3, -0.25) is 0 Å². The number of aromatic nitrogens is 2. The molecule has 0 saturated carbocycles. The smallest absolute Gasteiger partial charge is 0.162 e. The van der Waals surface area contributed by atoms with Gasteiger partial charge in [0.15, 0.2) is 5.82 Å². The van der Waals surface area contributed by atoms with Gasteiger partial charge in [0, 0.05) is 28.3 Å². The van der Waals surface area contributed by atoms with E-state index in [1.165, 1.54) is 5.56 Å². The fraction of sp³-hybridized carbons (Fsp3) is 0.412. The predicted molar refractivity (Wildman–Crippen MR) is 92.7 cm³/mol. The highest BCUT2D eigenvalue weighted by molar-refractivity contribution is 9.10. The molecule has 0 bridgehead atoms. The first-order valence-electron chi connectivity index (χ1n) is 7.52. The molecule has 1 N–H and O–H groups in total. The Morgan fingerprint density at radius 3 is 2.57 bits per heavy atom. The molecule has 4 heteroatoms. The molecule has 0 atom stereocenters. The molecule has 21 heavy (non-hydrogen) atoms. The number of hydrogen-bond acceptors (Lipinski definition) is 3. The van der Waals surface area contributed by atoms with Gasteiger partial charge in [0.2, 0.25) is 0 Å². The SMILES string of the molecule is CCCNc1cc(CCC)nc(-c2ccc(C)cc2Br)n1. The standard InChI is InChI=1S/C17H22BrN3/c1-4-6-13-11-16(19-9-5-2)21-17(20-13)14-8-7-12(3)10-15(14)18/h7-8,10-11H,4-6,9H2,1-3H3,(H,19,20,21). The molecule has 0 saturated heterocycles. The third kappa shape index (κ3) is 4.27. The molecule has 3 nitrogen and oxygen atoms in total. The van der Waals surface area contributed by atoms with Gasteiger partial charge in [-0.05, 0) is 37.5 Å². The molecule has 112 valence electrons. The molecule has 2 aromatic rings. The number of anilines is 1. The maximum atomic E-state index is 4.71. The lowest BCUT2D eigenvalue weighted by molar-refractivity contribution is 0.872. The lowest BCUT2D eigenvalue weighted by atomic mass is 10.1. The summed E-state index contributed by atoms with van der Waals surface area (Å²) in [7, 11) is 0. The van der Waals surface area contributed by atoms with Gasteiger partial charge in [0.1, 0.15) is 5.82 Å². The summed E-state index contributed by atoms with van der Waals surface area (Å²) >= 11 is 3.62. The average Bonchev–Trinajstić information content (AvgIpc) is 2.45. The maximum absolute atomic E-state index is 4.71. The van der Waals surface area contributed by atoms with Crippen molar-refractivity contribution < 1.29 is 0 Å². The van der Waals surface area contributed by atoms with Crippen LogP contribution in [-0.2, 0) is 6.42 Å². The minimum Gasteiger partial charge on any atom is -0.370 e. The Morgan fingerprint density at radius 2 is 1.90 bits per heavy atom. The van der Waals surface area contributed by atoms with Crippen molar-refractivity contribution in [3.8, 4) is 11.4 Å². The van der Waals surface area contributed by atoms with Crippen molar-refractivity contribution in [1.29, 1.82) is 0 Å². The predicted octanol–water partition coefficient (Wildman–Crippen LogP) is 4.99. The summed E-state index contributed by atoms with van der Waals surface area (Å²) < 4.78 is 1.04. The van der Waals surface area contributed by atoms with Crippen molar-refractivity contribution >= 4 is 21.7 Å². The van der Waals surface area contributed by atoms with Crippen LogP contribution in [0.15, 0.2) is 28.7 Å². The highest BCUT2D eigenvalue weighted by Gasteiger charge is 2.10. The van der Waals surface area contributed by atoms with Crippen LogP contribution in [0.5, 0.6) is 0 Å². The highest BCUT2D eigenvalue weighted by atomic mass is 79.9. The number of rotatable bonds is 6. The second-order valence-corrected chi connectivity index (χ2v) is 6.08. The van der Waals surface area contributed by atoms with Crippen LogP contribution < -0.4 is 5.32 Å². The second kappa shape index (κ2) is 7.55. The van der Waals surface area contributed by atoms with E-state index in [1.54, 1.807) is 0 Å². The van der Waals surface area contributed by atoms with Crippen molar-refractivity contribution in [2.45, 2.75) is 40.0 Å². The zero-order chi connectivity index (χ0) is 15.2. The Morgan fingerprint density at radius 1 is 1.10 bits per heavy atom. The van der Waals surface area contributed by atoms with Gasteiger partial charge in [-0.2, -0.15) is 0 Å². The van der Waals surface area contributed by atoms with E-state index >= 15 is 0 Å². The average molecular weight is 348 g/mol. The first-order valence-corrected chi connectivity index (χ1v) is 8.31. The Balaban J connectivity index is 2.43. The molecule has 2 rings (SSSR count). The van der Waals surface area contributed by atoms with Crippen LogP contribution in [0.3, 0.4) is 0 Å². The summed E-state index contributed by atoms with van der Waals surface area (Å²) in [6.07, 6.45) is 3.13. The van der Waals surface area contributed by atoms with Crippen molar-refractivity contribution in [2.24, 2.45) is 0 Å². The molecule has 0 unspecified atom stereocenters. The van der Waals surface area contributed by atoms with Crippen LogP contribution in [-0.4, -0.2) is 16.5 Å². The molecule has 1 heterocycles. The van der Waals surface area contributed by atoms with Crippen molar-refractivity contribution in [1.82, 2.24) is 9.97 Å². The Labute approximate surface area is 135 Å².